The quantitative estimate of drug-likeness (QED) is 0.233. The van der Waals surface area contributed by atoms with Crippen molar-refractivity contribution in [1.29, 1.82) is 0 Å². The third-order valence-electron chi connectivity index (χ3n) is 6.88. The van der Waals surface area contributed by atoms with Crippen LogP contribution in [0, 0.1) is 0 Å². The Kier molecular flexibility index (Phi) is 8.85. The molecule has 4 rings (SSSR count). The van der Waals surface area contributed by atoms with Gasteiger partial charge in [0, 0.05) is 47.0 Å². The van der Waals surface area contributed by atoms with E-state index in [4.69, 9.17) is 23.2 Å². The van der Waals surface area contributed by atoms with E-state index in [1.54, 1.807) is 4.90 Å². The smallest absolute Gasteiger partial charge is 0.416 e. The molecule has 1 aliphatic heterocycles. The zero-order valence-electron chi connectivity index (χ0n) is 21.0. The van der Waals surface area contributed by atoms with Crippen molar-refractivity contribution < 1.29 is 27.3 Å². The summed E-state index contributed by atoms with van der Waals surface area (Å²) in [6.45, 7) is 5.10. The topological polar surface area (TPSA) is 63.7 Å². The molecule has 0 radical (unpaired) electrons. The molecule has 5 nitrogen and oxygen atoms in total. The summed E-state index contributed by atoms with van der Waals surface area (Å²) in [6.07, 6.45) is -4.52. The van der Waals surface area contributed by atoms with Crippen molar-refractivity contribution in [1.82, 2.24) is 4.90 Å². The fraction of sp³-hybridized carbons (Fsp3) is 0.286. The molecule has 1 saturated heterocycles. The Labute approximate surface area is 237 Å². The lowest BCUT2D eigenvalue weighted by Gasteiger charge is -2.46. The van der Waals surface area contributed by atoms with Crippen LogP contribution in [0.25, 0.3) is 0 Å². The molecule has 0 aromatic heterocycles. The predicted octanol–water partition coefficient (Wildman–Crippen LogP) is 6.74. The van der Waals surface area contributed by atoms with Crippen LogP contribution in [0.15, 0.2) is 71.6 Å². The normalized spacial score (nSPS) is 18.7. The fourth-order valence-corrected chi connectivity index (χ4v) is 6.24. The molecule has 0 bridgehead atoms. The minimum atomic E-state index is -4.52. The van der Waals surface area contributed by atoms with E-state index in [0.29, 0.717) is 23.7 Å². The highest BCUT2D eigenvalue weighted by Crippen LogP contribution is 2.31. The van der Waals surface area contributed by atoms with Crippen LogP contribution < -0.4 is 4.90 Å². The first-order valence-electron chi connectivity index (χ1n) is 12.1. The van der Waals surface area contributed by atoms with Crippen molar-refractivity contribution in [2.45, 2.75) is 37.0 Å². The first-order chi connectivity index (χ1) is 18.4. The Morgan fingerprint density at radius 1 is 0.949 bits per heavy atom. The van der Waals surface area contributed by atoms with E-state index in [2.05, 4.69) is 4.90 Å². The first kappa shape index (κ1) is 29.3. The van der Waals surface area contributed by atoms with Crippen molar-refractivity contribution in [3.8, 4) is 0 Å². The van der Waals surface area contributed by atoms with Gasteiger partial charge in [0.1, 0.15) is 0 Å². The summed E-state index contributed by atoms with van der Waals surface area (Å²) in [7, 11) is 0. The van der Waals surface area contributed by atoms with Crippen LogP contribution in [0.2, 0.25) is 10.0 Å². The Balaban J connectivity index is 1.43. The van der Waals surface area contributed by atoms with Crippen molar-refractivity contribution >= 4 is 51.8 Å². The molecule has 206 valence electrons. The number of hydrogen-bond donors (Lipinski definition) is 0. The molecular weight excluding hydrogens is 572 g/mol. The fourth-order valence-electron chi connectivity index (χ4n) is 4.56. The number of carbonyl (C=O) groups excluding carboxylic acids is 2. The van der Waals surface area contributed by atoms with Crippen molar-refractivity contribution in [2.75, 3.05) is 23.7 Å². The average molecular weight is 597 g/mol. The van der Waals surface area contributed by atoms with E-state index in [9.17, 15) is 27.3 Å². The Morgan fingerprint density at radius 3 is 2.23 bits per heavy atom. The van der Waals surface area contributed by atoms with Gasteiger partial charge < -0.3 is 14.4 Å². The summed E-state index contributed by atoms with van der Waals surface area (Å²) in [5.41, 5.74) is 0.442. The van der Waals surface area contributed by atoms with Gasteiger partial charge in [0.15, 0.2) is 10.6 Å². The minimum Gasteiger partial charge on any atom is -0.611 e. The molecule has 3 aromatic rings. The van der Waals surface area contributed by atoms with Crippen LogP contribution in [0.3, 0.4) is 0 Å². The number of carbonyl (C=O) groups is 2. The molecular formula is C28H25Cl2F3N2O3S. The second-order valence-electron chi connectivity index (χ2n) is 9.29. The van der Waals surface area contributed by atoms with Crippen molar-refractivity contribution in [2.24, 2.45) is 0 Å². The maximum absolute atomic E-state index is 13.4. The maximum Gasteiger partial charge on any atom is 0.416 e. The number of ketones is 1. The van der Waals surface area contributed by atoms with Crippen LogP contribution in [-0.4, -0.2) is 52.1 Å². The molecule has 1 amide bonds. The van der Waals surface area contributed by atoms with E-state index in [0.717, 1.165) is 30.0 Å². The largest absolute Gasteiger partial charge is 0.611 e. The number of anilines is 1. The number of Topliss-reactive ketones (excluding diaryl/α,β-unsaturated/α-hetero) is 1. The first-order valence-corrected chi connectivity index (χ1v) is 14.2. The molecule has 1 fully saturated rings. The van der Waals surface area contributed by atoms with Crippen molar-refractivity contribution in [3.63, 3.8) is 0 Å². The number of amides is 1. The molecule has 1 heterocycles. The molecule has 11 heteroatoms. The van der Waals surface area contributed by atoms with Gasteiger partial charge in [0.2, 0.25) is 5.78 Å². The standard InChI is InChI=1S/C28H25Cl2F3N2O3S/c1-17-18(2)35(13-12-34(17)23-5-3-4-22(29)15-23)27(37)20-8-11-26(24(30)14-20)39(38)16-25(36)19-6-9-21(10-7-19)28(31,32)33/h3-11,14-15,17-18H,12-13,16H2,1-2H3/t17-,18-,39?/m0/s1. The lowest BCUT2D eigenvalue weighted by Crippen LogP contribution is -2.59. The number of nitrogens with zero attached hydrogens (tertiary/aromatic N) is 2. The number of alkyl halides is 3. The minimum absolute atomic E-state index is 0.0132. The SMILES string of the molecule is C[C@H]1[C@H](C)N(c2cccc(Cl)c2)CCN1C(=O)c1ccc([S+]([O-])CC(=O)c2ccc(C(F)(F)F)cc2)c(Cl)c1. The highest BCUT2D eigenvalue weighted by atomic mass is 35.5. The van der Waals surface area contributed by atoms with Crippen LogP contribution in [-0.2, 0) is 17.4 Å². The third kappa shape index (κ3) is 6.54. The molecule has 3 atom stereocenters. The second-order valence-corrected chi connectivity index (χ2v) is 11.5. The van der Waals surface area contributed by atoms with Gasteiger partial charge in [-0.15, -0.1) is 0 Å². The van der Waals surface area contributed by atoms with E-state index >= 15 is 0 Å². The highest BCUT2D eigenvalue weighted by molar-refractivity contribution is 7.92. The van der Waals surface area contributed by atoms with E-state index < -0.39 is 34.5 Å². The van der Waals surface area contributed by atoms with Gasteiger partial charge in [0.05, 0.1) is 10.6 Å². The van der Waals surface area contributed by atoms with Gasteiger partial charge in [-0.25, -0.2) is 0 Å². The number of rotatable bonds is 6. The van der Waals surface area contributed by atoms with E-state index in [-0.39, 0.29) is 33.5 Å². The van der Waals surface area contributed by atoms with E-state index in [1.165, 1.54) is 18.2 Å². The molecule has 0 N–H and O–H groups in total. The van der Waals surface area contributed by atoms with Crippen LogP contribution in [0.5, 0.6) is 0 Å². The van der Waals surface area contributed by atoms with Gasteiger partial charge >= 0.3 is 6.18 Å². The van der Waals surface area contributed by atoms with Gasteiger partial charge in [-0.05, 0) is 73.6 Å². The third-order valence-corrected chi connectivity index (χ3v) is 8.92. The zero-order chi connectivity index (χ0) is 28.5. The average Bonchev–Trinajstić information content (AvgIpc) is 2.89. The summed E-state index contributed by atoms with van der Waals surface area (Å²) in [4.78, 5) is 30.0. The van der Waals surface area contributed by atoms with Crippen molar-refractivity contribution in [3.05, 3.63) is 93.5 Å². The lowest BCUT2D eigenvalue weighted by molar-refractivity contribution is -0.137. The maximum atomic E-state index is 13.4. The Morgan fingerprint density at radius 2 is 1.62 bits per heavy atom. The molecule has 0 saturated carbocycles. The number of hydrogen-bond acceptors (Lipinski definition) is 4. The van der Waals surface area contributed by atoms with Crippen LogP contribution >= 0.6 is 23.2 Å². The van der Waals surface area contributed by atoms with Gasteiger partial charge in [-0.1, -0.05) is 41.4 Å². The summed E-state index contributed by atoms with van der Waals surface area (Å²) in [5.74, 6) is -1.27. The van der Waals surface area contributed by atoms with Gasteiger partial charge in [-0.3, -0.25) is 9.59 Å². The van der Waals surface area contributed by atoms with Crippen LogP contribution in [0.1, 0.15) is 40.1 Å². The lowest BCUT2D eigenvalue weighted by atomic mass is 10.0. The molecule has 1 aliphatic rings. The van der Waals surface area contributed by atoms with Gasteiger partial charge in [0.25, 0.3) is 5.91 Å². The Hall–Kier alpha value is -2.72. The summed E-state index contributed by atoms with van der Waals surface area (Å²) in [5, 5.41) is 0.705. The summed E-state index contributed by atoms with van der Waals surface area (Å²) >= 11 is 10.7. The Bertz CT molecular complexity index is 1370. The van der Waals surface area contributed by atoms with Gasteiger partial charge in [-0.2, -0.15) is 13.2 Å². The zero-order valence-corrected chi connectivity index (χ0v) is 23.4. The monoisotopic (exact) mass is 596 g/mol. The molecule has 0 aliphatic carbocycles. The molecule has 39 heavy (non-hydrogen) atoms. The molecule has 0 spiro atoms. The predicted molar refractivity (Wildman–Crippen MR) is 147 cm³/mol. The highest BCUT2D eigenvalue weighted by Gasteiger charge is 2.35. The second kappa shape index (κ2) is 11.8. The molecule has 1 unspecified atom stereocenters. The molecule has 3 aromatic carbocycles. The summed E-state index contributed by atoms with van der Waals surface area (Å²) in [6, 6.07) is 15.6. The van der Waals surface area contributed by atoms with E-state index in [1.807, 2.05) is 38.1 Å². The number of halogens is 5. The summed E-state index contributed by atoms with van der Waals surface area (Å²) < 4.78 is 51.2. The van der Waals surface area contributed by atoms with Crippen LogP contribution in [0.4, 0.5) is 18.9 Å². The number of benzene rings is 3. The number of piperazine rings is 1.